The maximum absolute atomic E-state index is 5.43. The summed E-state index contributed by atoms with van der Waals surface area (Å²) in [6.45, 7) is 0. The number of benzene rings is 6. The highest BCUT2D eigenvalue weighted by atomic mass is 14.8. The summed E-state index contributed by atoms with van der Waals surface area (Å²) in [6.07, 6.45) is 3.63. The quantitative estimate of drug-likeness (QED) is 0.152. The molecule has 0 N–H and O–H groups in total. The minimum absolute atomic E-state index is 0.829. The highest BCUT2D eigenvalue weighted by Crippen LogP contribution is 2.39. The molecule has 0 aliphatic carbocycles. The van der Waals surface area contributed by atoms with Gasteiger partial charge in [0, 0.05) is 34.3 Å². The Balaban J connectivity index is 1.31. The smallest absolute Gasteiger partial charge is 0.0996 e. The summed E-state index contributed by atoms with van der Waals surface area (Å²) < 4.78 is 0. The third-order valence-corrected chi connectivity index (χ3v) is 8.78. The zero-order valence-electron chi connectivity index (χ0n) is 24.8. The molecule has 0 atom stereocenters. The first-order valence-electron chi connectivity index (χ1n) is 15.4. The Labute approximate surface area is 265 Å². The summed E-state index contributed by atoms with van der Waals surface area (Å²) >= 11 is 0. The highest BCUT2D eigenvalue weighted by Gasteiger charge is 2.18. The van der Waals surface area contributed by atoms with E-state index in [0.29, 0.717) is 0 Å². The lowest BCUT2D eigenvalue weighted by molar-refractivity contribution is 1.36. The van der Waals surface area contributed by atoms with Gasteiger partial charge < -0.3 is 0 Å². The predicted molar refractivity (Wildman–Crippen MR) is 189 cm³/mol. The fourth-order valence-corrected chi connectivity index (χ4v) is 6.49. The van der Waals surface area contributed by atoms with E-state index >= 15 is 0 Å². The highest BCUT2D eigenvalue weighted by molar-refractivity contribution is 6.22. The van der Waals surface area contributed by atoms with Crippen molar-refractivity contribution < 1.29 is 0 Å². The van der Waals surface area contributed by atoms with Gasteiger partial charge in [-0.1, -0.05) is 121 Å². The molecule has 0 unspecified atom stereocenters. The molecule has 0 fully saturated rings. The van der Waals surface area contributed by atoms with Crippen molar-refractivity contribution in [2.45, 2.75) is 0 Å². The van der Waals surface area contributed by atoms with Crippen LogP contribution in [0.2, 0.25) is 0 Å². The van der Waals surface area contributed by atoms with Crippen molar-refractivity contribution in [3.63, 3.8) is 0 Å². The van der Waals surface area contributed by atoms with Gasteiger partial charge in [-0.25, -0.2) is 9.97 Å². The molecule has 46 heavy (non-hydrogen) atoms. The summed E-state index contributed by atoms with van der Waals surface area (Å²) in [6, 6.07) is 50.8. The molecule has 0 saturated heterocycles. The van der Waals surface area contributed by atoms with Crippen LogP contribution < -0.4 is 0 Å². The number of hydrogen-bond donors (Lipinski definition) is 0. The molecule has 214 valence electrons. The van der Waals surface area contributed by atoms with Gasteiger partial charge in [-0.2, -0.15) is 0 Å². The van der Waals surface area contributed by atoms with Crippen LogP contribution in [0.1, 0.15) is 0 Å². The summed E-state index contributed by atoms with van der Waals surface area (Å²) in [5.41, 5.74) is 14.0. The minimum Gasteiger partial charge on any atom is -0.254 e. The zero-order valence-corrected chi connectivity index (χ0v) is 24.8. The van der Waals surface area contributed by atoms with Gasteiger partial charge in [0.15, 0.2) is 0 Å². The molecule has 6 aromatic carbocycles. The van der Waals surface area contributed by atoms with Gasteiger partial charge in [0.25, 0.3) is 0 Å². The van der Waals surface area contributed by atoms with E-state index in [2.05, 4.69) is 121 Å². The molecule has 0 aliphatic rings. The van der Waals surface area contributed by atoms with E-state index in [1.165, 1.54) is 22.3 Å². The lowest BCUT2D eigenvalue weighted by atomic mass is 9.94. The van der Waals surface area contributed by atoms with Gasteiger partial charge >= 0.3 is 0 Å². The minimum atomic E-state index is 0.829. The normalized spacial score (nSPS) is 11.5. The monoisotopic (exact) mass is 586 g/mol. The molecule has 0 aliphatic heterocycles. The van der Waals surface area contributed by atoms with Crippen molar-refractivity contribution >= 4 is 43.9 Å². The Hall–Kier alpha value is -6.26. The molecule has 3 aromatic heterocycles. The molecule has 0 bridgehead atoms. The first kappa shape index (κ1) is 26.2. The Morgan fingerprint density at radius 3 is 1.04 bits per heavy atom. The fourth-order valence-electron chi connectivity index (χ4n) is 6.49. The van der Waals surface area contributed by atoms with Crippen LogP contribution in [0.4, 0.5) is 0 Å². The SMILES string of the molecule is c1ccc(-c2ccc(-c3ccc(-c4ccc(-c5ccccc5)cc4)c4nc5c6cccnc6c6ncccc6c5nc34)cc2)cc1. The average Bonchev–Trinajstić information content (AvgIpc) is 3.15. The van der Waals surface area contributed by atoms with Gasteiger partial charge in [-0.3, -0.25) is 9.97 Å². The summed E-state index contributed by atoms with van der Waals surface area (Å²) in [5.74, 6) is 0. The summed E-state index contributed by atoms with van der Waals surface area (Å²) in [4.78, 5) is 20.3. The molecule has 9 rings (SSSR count). The fraction of sp³-hybridized carbons (Fsp3) is 0. The lowest BCUT2D eigenvalue weighted by Gasteiger charge is -2.15. The largest absolute Gasteiger partial charge is 0.254 e. The molecular weight excluding hydrogens is 560 g/mol. The van der Waals surface area contributed by atoms with Crippen LogP contribution in [-0.2, 0) is 0 Å². The molecule has 0 spiro atoms. The molecule has 3 heterocycles. The van der Waals surface area contributed by atoms with Crippen LogP contribution in [0.5, 0.6) is 0 Å². The van der Waals surface area contributed by atoms with Gasteiger partial charge in [0.1, 0.15) is 0 Å². The molecule has 4 nitrogen and oxygen atoms in total. The van der Waals surface area contributed by atoms with E-state index in [-0.39, 0.29) is 0 Å². The van der Waals surface area contributed by atoms with Crippen molar-refractivity contribution in [1.82, 2.24) is 19.9 Å². The van der Waals surface area contributed by atoms with Crippen molar-refractivity contribution in [3.05, 3.63) is 158 Å². The van der Waals surface area contributed by atoms with Crippen LogP contribution >= 0.6 is 0 Å². The van der Waals surface area contributed by atoms with Crippen molar-refractivity contribution in [1.29, 1.82) is 0 Å². The Bertz CT molecular complexity index is 2360. The number of pyridine rings is 2. The zero-order chi connectivity index (χ0) is 30.5. The van der Waals surface area contributed by atoms with Gasteiger partial charge in [-0.05, 0) is 57.6 Å². The molecule has 4 heteroatoms. The van der Waals surface area contributed by atoms with Crippen LogP contribution in [0.3, 0.4) is 0 Å². The Kier molecular flexibility index (Phi) is 6.10. The standard InChI is InChI=1S/C42H26N4/c1-3-9-27(10-4-1)29-15-19-31(20-16-29)33-23-24-34(32-21-17-30(18-22-32)28-11-5-2-6-12-28)40-39(33)45-41-35-13-7-25-43-37(35)38-36(42(41)46-40)14-8-26-44-38/h1-26H. The van der Waals surface area contributed by atoms with Crippen LogP contribution in [0.15, 0.2) is 158 Å². The first-order valence-corrected chi connectivity index (χ1v) is 15.4. The first-order chi connectivity index (χ1) is 22.8. The van der Waals surface area contributed by atoms with Crippen LogP contribution in [0.25, 0.3) is 88.4 Å². The summed E-state index contributed by atoms with van der Waals surface area (Å²) in [7, 11) is 0. The molecule has 0 saturated carbocycles. The lowest BCUT2D eigenvalue weighted by Crippen LogP contribution is -1.97. The van der Waals surface area contributed by atoms with E-state index in [4.69, 9.17) is 19.9 Å². The second-order valence-electron chi connectivity index (χ2n) is 11.5. The van der Waals surface area contributed by atoms with E-state index in [1.54, 1.807) is 0 Å². The number of fused-ring (bicyclic) bond motifs is 7. The van der Waals surface area contributed by atoms with Gasteiger partial charge in [-0.15, -0.1) is 0 Å². The Morgan fingerprint density at radius 2 is 0.630 bits per heavy atom. The third-order valence-electron chi connectivity index (χ3n) is 8.78. The van der Waals surface area contributed by atoms with Crippen LogP contribution in [0, 0.1) is 0 Å². The molecule has 9 aromatic rings. The van der Waals surface area contributed by atoms with E-state index < -0.39 is 0 Å². The second kappa shape index (κ2) is 10.7. The number of aromatic nitrogens is 4. The van der Waals surface area contributed by atoms with E-state index in [1.807, 2.05) is 36.7 Å². The molecular formula is C42H26N4. The van der Waals surface area contributed by atoms with E-state index in [9.17, 15) is 0 Å². The average molecular weight is 587 g/mol. The summed E-state index contributed by atoms with van der Waals surface area (Å²) in [5, 5.41) is 1.89. The molecule has 0 amide bonds. The van der Waals surface area contributed by atoms with Crippen molar-refractivity contribution in [3.8, 4) is 44.5 Å². The van der Waals surface area contributed by atoms with Crippen molar-refractivity contribution in [2.24, 2.45) is 0 Å². The van der Waals surface area contributed by atoms with Gasteiger partial charge in [0.2, 0.25) is 0 Å². The third kappa shape index (κ3) is 4.31. The number of nitrogens with zero attached hydrogens (tertiary/aromatic N) is 4. The number of rotatable bonds is 4. The topological polar surface area (TPSA) is 51.6 Å². The maximum atomic E-state index is 5.43. The second-order valence-corrected chi connectivity index (χ2v) is 11.5. The molecule has 0 radical (unpaired) electrons. The van der Waals surface area contributed by atoms with E-state index in [0.717, 1.165) is 66.1 Å². The predicted octanol–water partition coefficient (Wildman–Crippen LogP) is 10.5. The van der Waals surface area contributed by atoms with Crippen LogP contribution in [-0.4, -0.2) is 19.9 Å². The van der Waals surface area contributed by atoms with Crippen molar-refractivity contribution in [2.75, 3.05) is 0 Å². The maximum Gasteiger partial charge on any atom is 0.0996 e. The number of hydrogen-bond acceptors (Lipinski definition) is 4. The van der Waals surface area contributed by atoms with Gasteiger partial charge in [0.05, 0.1) is 33.1 Å². The Morgan fingerprint density at radius 1 is 0.261 bits per heavy atom.